The van der Waals surface area contributed by atoms with Gasteiger partial charge in [-0.3, -0.25) is 0 Å². The van der Waals surface area contributed by atoms with Gasteiger partial charge in [-0.1, -0.05) is 13.8 Å². The maximum absolute atomic E-state index is 13.8. The quantitative estimate of drug-likeness (QED) is 0.850. The molecule has 2 N–H and O–H groups in total. The van der Waals surface area contributed by atoms with Crippen molar-refractivity contribution in [3.05, 3.63) is 41.5 Å². The highest BCUT2D eigenvalue weighted by molar-refractivity contribution is 5.68. The Kier molecular flexibility index (Phi) is 3.42. The summed E-state index contributed by atoms with van der Waals surface area (Å²) in [6.45, 7) is 3.66. The van der Waals surface area contributed by atoms with Crippen LogP contribution in [0.4, 0.5) is 19.0 Å². The largest absolute Gasteiger partial charge is 0.383 e. The summed E-state index contributed by atoms with van der Waals surface area (Å²) >= 11 is 0. The second kappa shape index (κ2) is 4.87. The van der Waals surface area contributed by atoms with Crippen LogP contribution in [0.1, 0.15) is 25.3 Å². The maximum atomic E-state index is 13.8. The normalized spacial score (nSPS) is 11.1. The van der Waals surface area contributed by atoms with Crippen LogP contribution in [-0.4, -0.2) is 9.97 Å². The first-order valence-corrected chi connectivity index (χ1v) is 5.67. The van der Waals surface area contributed by atoms with Gasteiger partial charge in [0.2, 0.25) is 0 Å². The number of nitrogen functional groups attached to an aromatic ring is 1. The Morgan fingerprint density at radius 1 is 1.05 bits per heavy atom. The van der Waals surface area contributed by atoms with Gasteiger partial charge < -0.3 is 5.73 Å². The van der Waals surface area contributed by atoms with Crippen LogP contribution in [0.15, 0.2) is 18.5 Å². The van der Waals surface area contributed by atoms with E-state index in [4.69, 9.17) is 5.73 Å². The van der Waals surface area contributed by atoms with Crippen molar-refractivity contribution in [3.63, 3.8) is 0 Å². The van der Waals surface area contributed by atoms with Gasteiger partial charge in [0, 0.05) is 11.1 Å². The third-order valence-corrected chi connectivity index (χ3v) is 2.78. The number of benzene rings is 1. The second-order valence-corrected chi connectivity index (χ2v) is 4.40. The number of nitrogens with two attached hydrogens (primary N) is 1. The molecular formula is C13H12F3N3. The van der Waals surface area contributed by atoms with Crippen molar-refractivity contribution in [1.82, 2.24) is 9.97 Å². The van der Waals surface area contributed by atoms with Crippen molar-refractivity contribution in [1.29, 1.82) is 0 Å². The van der Waals surface area contributed by atoms with Gasteiger partial charge in [0.1, 0.15) is 12.1 Å². The Bertz CT molecular complexity index is 627. The van der Waals surface area contributed by atoms with Crippen molar-refractivity contribution in [3.8, 4) is 11.3 Å². The van der Waals surface area contributed by atoms with Crippen LogP contribution in [-0.2, 0) is 0 Å². The molecule has 0 aliphatic carbocycles. The van der Waals surface area contributed by atoms with Gasteiger partial charge >= 0.3 is 0 Å². The summed E-state index contributed by atoms with van der Waals surface area (Å²) in [4.78, 5) is 7.77. The predicted molar refractivity (Wildman–Crippen MR) is 65.8 cm³/mol. The van der Waals surface area contributed by atoms with E-state index in [-0.39, 0.29) is 23.0 Å². The van der Waals surface area contributed by atoms with Gasteiger partial charge in [0.15, 0.2) is 17.5 Å². The third-order valence-electron chi connectivity index (χ3n) is 2.78. The van der Waals surface area contributed by atoms with Crippen molar-refractivity contribution < 1.29 is 13.2 Å². The molecule has 1 aromatic carbocycles. The number of aromatic nitrogens is 2. The average Bonchev–Trinajstić information content (AvgIpc) is 2.35. The second-order valence-electron chi connectivity index (χ2n) is 4.40. The molecule has 0 fully saturated rings. The van der Waals surface area contributed by atoms with Gasteiger partial charge in [-0.05, 0) is 18.1 Å². The first-order chi connectivity index (χ1) is 8.93. The zero-order valence-electron chi connectivity index (χ0n) is 10.4. The van der Waals surface area contributed by atoms with E-state index in [2.05, 4.69) is 9.97 Å². The fourth-order valence-electron chi connectivity index (χ4n) is 1.90. The van der Waals surface area contributed by atoms with E-state index in [1.165, 1.54) is 0 Å². The molecule has 3 nitrogen and oxygen atoms in total. The highest BCUT2D eigenvalue weighted by Gasteiger charge is 2.21. The molecule has 1 aromatic heterocycles. The van der Waals surface area contributed by atoms with Crippen molar-refractivity contribution in [2.24, 2.45) is 0 Å². The monoisotopic (exact) mass is 267 g/mol. The molecule has 0 atom stereocenters. The Hall–Kier alpha value is -2.11. The summed E-state index contributed by atoms with van der Waals surface area (Å²) in [6, 6.07) is 2.00. The number of rotatable bonds is 2. The molecule has 2 aromatic rings. The third kappa shape index (κ3) is 2.25. The first kappa shape index (κ1) is 13.3. The van der Waals surface area contributed by atoms with Gasteiger partial charge in [0.25, 0.3) is 0 Å². The van der Waals surface area contributed by atoms with Crippen LogP contribution < -0.4 is 5.73 Å². The van der Waals surface area contributed by atoms with Crippen LogP contribution in [0.2, 0.25) is 0 Å². The van der Waals surface area contributed by atoms with Gasteiger partial charge in [0.05, 0.1) is 5.69 Å². The molecule has 0 bridgehead atoms. The van der Waals surface area contributed by atoms with Gasteiger partial charge in [-0.2, -0.15) is 0 Å². The number of nitrogens with zero attached hydrogens (tertiary/aromatic N) is 2. The summed E-state index contributed by atoms with van der Waals surface area (Å²) in [5.74, 6) is -3.92. The van der Waals surface area contributed by atoms with E-state index in [0.717, 1.165) is 18.5 Å². The summed E-state index contributed by atoms with van der Waals surface area (Å²) in [7, 11) is 0. The molecule has 19 heavy (non-hydrogen) atoms. The Morgan fingerprint density at radius 2 is 1.74 bits per heavy atom. The Labute approximate surface area is 108 Å². The predicted octanol–water partition coefficient (Wildman–Crippen LogP) is 3.27. The lowest BCUT2D eigenvalue weighted by Gasteiger charge is -2.14. The molecule has 0 spiro atoms. The van der Waals surface area contributed by atoms with E-state index in [9.17, 15) is 13.2 Å². The van der Waals surface area contributed by atoms with E-state index in [1.807, 2.05) is 13.8 Å². The molecule has 100 valence electrons. The molecule has 0 saturated carbocycles. The number of hydrogen-bond acceptors (Lipinski definition) is 3. The van der Waals surface area contributed by atoms with Crippen LogP contribution in [0.5, 0.6) is 0 Å². The maximum Gasteiger partial charge on any atom is 0.195 e. The number of anilines is 1. The standard InChI is InChI=1S/C13H12F3N3/c1-6(2)9-12(18-5-19-13(9)17)7-3-4-8(14)11(16)10(7)15/h3-6H,1-2H3,(H2,17,18,19). The fourth-order valence-corrected chi connectivity index (χ4v) is 1.90. The van der Waals surface area contributed by atoms with Crippen LogP contribution in [0, 0.1) is 17.5 Å². The molecule has 0 aliphatic heterocycles. The van der Waals surface area contributed by atoms with Crippen LogP contribution in [0.25, 0.3) is 11.3 Å². The van der Waals surface area contributed by atoms with E-state index >= 15 is 0 Å². The molecule has 0 amide bonds. The van der Waals surface area contributed by atoms with Crippen molar-refractivity contribution >= 4 is 5.82 Å². The molecule has 0 radical (unpaired) electrons. The first-order valence-electron chi connectivity index (χ1n) is 5.67. The Balaban J connectivity index is 2.73. The highest BCUT2D eigenvalue weighted by Crippen LogP contribution is 2.32. The minimum Gasteiger partial charge on any atom is -0.383 e. The SMILES string of the molecule is CC(C)c1c(N)ncnc1-c1ccc(F)c(F)c1F. The molecule has 6 heteroatoms. The fraction of sp³-hybridized carbons (Fsp3) is 0.231. The molecular weight excluding hydrogens is 255 g/mol. The summed E-state index contributed by atoms with van der Waals surface area (Å²) in [5, 5.41) is 0. The Morgan fingerprint density at radius 3 is 2.37 bits per heavy atom. The lowest BCUT2D eigenvalue weighted by molar-refractivity contribution is 0.448. The molecule has 1 heterocycles. The number of halogens is 3. The molecule has 0 aliphatic rings. The lowest BCUT2D eigenvalue weighted by Crippen LogP contribution is -2.06. The average molecular weight is 267 g/mol. The van der Waals surface area contributed by atoms with Crippen molar-refractivity contribution in [2.45, 2.75) is 19.8 Å². The zero-order chi connectivity index (χ0) is 14.2. The minimum absolute atomic E-state index is 0.0799. The van der Waals surface area contributed by atoms with E-state index < -0.39 is 17.5 Å². The summed E-state index contributed by atoms with van der Waals surface area (Å²) in [5.41, 5.74) is 6.29. The van der Waals surface area contributed by atoms with E-state index in [0.29, 0.717) is 5.56 Å². The topological polar surface area (TPSA) is 51.8 Å². The van der Waals surface area contributed by atoms with Gasteiger partial charge in [-0.25, -0.2) is 23.1 Å². The van der Waals surface area contributed by atoms with Crippen LogP contribution in [0.3, 0.4) is 0 Å². The minimum atomic E-state index is -1.52. The molecule has 0 unspecified atom stereocenters. The number of hydrogen-bond donors (Lipinski definition) is 1. The van der Waals surface area contributed by atoms with Crippen LogP contribution >= 0.6 is 0 Å². The van der Waals surface area contributed by atoms with E-state index in [1.54, 1.807) is 0 Å². The van der Waals surface area contributed by atoms with Crippen molar-refractivity contribution in [2.75, 3.05) is 5.73 Å². The zero-order valence-corrected chi connectivity index (χ0v) is 10.4. The molecule has 2 rings (SSSR count). The lowest BCUT2D eigenvalue weighted by atomic mass is 9.97. The van der Waals surface area contributed by atoms with Gasteiger partial charge in [-0.15, -0.1) is 0 Å². The smallest absolute Gasteiger partial charge is 0.195 e. The summed E-state index contributed by atoms with van der Waals surface area (Å²) in [6.07, 6.45) is 1.16. The summed E-state index contributed by atoms with van der Waals surface area (Å²) < 4.78 is 40.0. The highest BCUT2D eigenvalue weighted by atomic mass is 19.2. The molecule has 0 saturated heterocycles.